The van der Waals surface area contributed by atoms with Crippen LogP contribution in [-0.2, 0) is 14.6 Å². The molecule has 0 aliphatic carbocycles. The number of benzene rings is 1. The number of nitrogens with one attached hydrogen (secondary N) is 1. The van der Waals surface area contributed by atoms with E-state index >= 15 is 0 Å². The second-order valence-electron chi connectivity index (χ2n) is 6.39. The molecule has 0 saturated carbocycles. The summed E-state index contributed by atoms with van der Waals surface area (Å²) in [6, 6.07) is 3.63. The lowest BCUT2D eigenvalue weighted by atomic mass is 10.1. The van der Waals surface area contributed by atoms with Crippen LogP contribution in [0.2, 0.25) is 10.0 Å². The molecule has 136 valence electrons. The average molecular weight is 405 g/mol. The van der Waals surface area contributed by atoms with Crippen LogP contribution in [0.15, 0.2) is 18.2 Å². The van der Waals surface area contributed by atoms with E-state index in [0.717, 1.165) is 0 Å². The highest BCUT2D eigenvalue weighted by Gasteiger charge is 2.37. The van der Waals surface area contributed by atoms with E-state index in [0.29, 0.717) is 30.8 Å². The van der Waals surface area contributed by atoms with Gasteiger partial charge >= 0.3 is 0 Å². The van der Waals surface area contributed by atoms with Crippen molar-refractivity contribution in [3.05, 3.63) is 33.8 Å². The molecule has 2 saturated heterocycles. The van der Waals surface area contributed by atoms with E-state index in [-0.39, 0.29) is 39.9 Å². The zero-order valence-electron chi connectivity index (χ0n) is 13.4. The van der Waals surface area contributed by atoms with E-state index in [9.17, 15) is 18.0 Å². The third-order valence-electron chi connectivity index (χ3n) is 4.55. The molecule has 2 aliphatic heterocycles. The van der Waals surface area contributed by atoms with Gasteiger partial charge in [0.05, 0.1) is 22.1 Å². The van der Waals surface area contributed by atoms with Gasteiger partial charge in [-0.05, 0) is 37.5 Å². The number of sulfone groups is 1. The highest BCUT2D eigenvalue weighted by molar-refractivity contribution is 7.91. The van der Waals surface area contributed by atoms with Crippen LogP contribution in [0.4, 0.5) is 0 Å². The van der Waals surface area contributed by atoms with Crippen LogP contribution < -0.4 is 5.32 Å². The van der Waals surface area contributed by atoms with Crippen molar-refractivity contribution >= 4 is 44.9 Å². The molecule has 0 radical (unpaired) electrons. The van der Waals surface area contributed by atoms with Crippen molar-refractivity contribution in [1.82, 2.24) is 10.2 Å². The Balaban J connectivity index is 1.72. The fraction of sp³-hybridized carbons (Fsp3) is 0.500. The lowest BCUT2D eigenvalue weighted by Gasteiger charge is -2.25. The molecule has 0 bridgehead atoms. The van der Waals surface area contributed by atoms with E-state index in [1.165, 1.54) is 11.0 Å². The molecule has 9 heteroatoms. The maximum atomic E-state index is 12.8. The molecule has 3 rings (SSSR count). The predicted octanol–water partition coefficient (Wildman–Crippen LogP) is 1.90. The minimum atomic E-state index is -3.08. The first kappa shape index (κ1) is 18.5. The number of halogens is 2. The highest BCUT2D eigenvalue weighted by Crippen LogP contribution is 2.26. The minimum Gasteiger partial charge on any atom is -0.351 e. The molecule has 2 amide bonds. The van der Waals surface area contributed by atoms with Crippen LogP contribution in [0, 0.1) is 0 Å². The molecular formula is C16H18Cl2N2O4S. The second kappa shape index (κ2) is 7.13. The zero-order chi connectivity index (χ0) is 18.2. The van der Waals surface area contributed by atoms with Gasteiger partial charge in [-0.1, -0.05) is 23.2 Å². The van der Waals surface area contributed by atoms with E-state index in [4.69, 9.17) is 23.2 Å². The Labute approximate surface area is 156 Å². The largest absolute Gasteiger partial charge is 0.351 e. The molecule has 0 spiro atoms. The quantitative estimate of drug-likeness (QED) is 0.833. The van der Waals surface area contributed by atoms with Crippen LogP contribution in [0.5, 0.6) is 0 Å². The number of likely N-dealkylation sites (tertiary alicyclic amines) is 1. The molecule has 1 aromatic carbocycles. The van der Waals surface area contributed by atoms with Crippen LogP contribution >= 0.6 is 23.2 Å². The van der Waals surface area contributed by atoms with Crippen molar-refractivity contribution in [3.63, 3.8) is 0 Å². The molecule has 2 aliphatic rings. The Hall–Kier alpha value is -1.31. The summed E-state index contributed by atoms with van der Waals surface area (Å²) in [6.45, 7) is 0.447. The van der Waals surface area contributed by atoms with Crippen molar-refractivity contribution in [1.29, 1.82) is 0 Å². The smallest absolute Gasteiger partial charge is 0.256 e. The molecule has 2 fully saturated rings. The number of carbonyl (C=O) groups excluding carboxylic acids is 2. The molecule has 1 N–H and O–H groups in total. The SMILES string of the molecule is O=C(N[C@H]1CCS(=O)(=O)C1)[C@@H]1CCCN1C(=O)c1cc(Cl)ccc1Cl. The molecule has 25 heavy (non-hydrogen) atoms. The van der Waals surface area contributed by atoms with Crippen molar-refractivity contribution in [2.75, 3.05) is 18.1 Å². The maximum Gasteiger partial charge on any atom is 0.256 e. The van der Waals surface area contributed by atoms with Gasteiger partial charge in [0, 0.05) is 17.6 Å². The molecular weight excluding hydrogens is 387 g/mol. The summed E-state index contributed by atoms with van der Waals surface area (Å²) in [6.07, 6.45) is 1.65. The van der Waals surface area contributed by atoms with Gasteiger partial charge in [0.25, 0.3) is 5.91 Å². The fourth-order valence-electron chi connectivity index (χ4n) is 3.30. The van der Waals surface area contributed by atoms with Crippen LogP contribution in [-0.4, -0.2) is 55.3 Å². The van der Waals surface area contributed by atoms with E-state index < -0.39 is 15.9 Å². The number of amides is 2. The predicted molar refractivity (Wildman–Crippen MR) is 95.7 cm³/mol. The first-order valence-corrected chi connectivity index (χ1v) is 10.6. The van der Waals surface area contributed by atoms with Crippen molar-refractivity contribution in [2.45, 2.75) is 31.3 Å². The number of hydrogen-bond donors (Lipinski definition) is 1. The van der Waals surface area contributed by atoms with Crippen molar-refractivity contribution in [2.24, 2.45) is 0 Å². The van der Waals surface area contributed by atoms with Crippen molar-refractivity contribution in [3.8, 4) is 0 Å². The summed E-state index contributed by atoms with van der Waals surface area (Å²) in [7, 11) is -3.08. The van der Waals surface area contributed by atoms with Crippen LogP contribution in [0.1, 0.15) is 29.6 Å². The molecule has 0 unspecified atom stereocenters. The van der Waals surface area contributed by atoms with E-state index in [2.05, 4.69) is 5.32 Å². The molecule has 1 aromatic rings. The van der Waals surface area contributed by atoms with Gasteiger partial charge in [0.2, 0.25) is 5.91 Å². The van der Waals surface area contributed by atoms with Crippen LogP contribution in [0.25, 0.3) is 0 Å². The number of carbonyl (C=O) groups is 2. The van der Waals surface area contributed by atoms with Gasteiger partial charge in [-0.2, -0.15) is 0 Å². The van der Waals surface area contributed by atoms with Gasteiger partial charge < -0.3 is 10.2 Å². The lowest BCUT2D eigenvalue weighted by molar-refractivity contribution is -0.125. The third kappa shape index (κ3) is 4.10. The van der Waals surface area contributed by atoms with Gasteiger partial charge in [-0.3, -0.25) is 9.59 Å². The second-order valence-corrected chi connectivity index (χ2v) is 9.46. The lowest BCUT2D eigenvalue weighted by Crippen LogP contribution is -2.49. The maximum absolute atomic E-state index is 12.8. The number of rotatable bonds is 3. The molecule has 0 aromatic heterocycles. The summed E-state index contributed by atoms with van der Waals surface area (Å²) < 4.78 is 23.1. The third-order valence-corrected chi connectivity index (χ3v) is 6.89. The molecule has 2 heterocycles. The Morgan fingerprint density at radius 2 is 1.96 bits per heavy atom. The van der Waals surface area contributed by atoms with Gasteiger partial charge in [0.1, 0.15) is 6.04 Å². The van der Waals surface area contributed by atoms with Gasteiger partial charge in [0.15, 0.2) is 9.84 Å². The van der Waals surface area contributed by atoms with Crippen molar-refractivity contribution < 1.29 is 18.0 Å². The molecule has 6 nitrogen and oxygen atoms in total. The summed E-state index contributed by atoms with van der Waals surface area (Å²) in [5.74, 6) is -0.613. The summed E-state index contributed by atoms with van der Waals surface area (Å²) in [4.78, 5) is 26.8. The average Bonchev–Trinajstić information content (AvgIpc) is 3.15. The van der Waals surface area contributed by atoms with E-state index in [1.54, 1.807) is 12.1 Å². The first-order valence-electron chi connectivity index (χ1n) is 8.04. The summed E-state index contributed by atoms with van der Waals surface area (Å²) >= 11 is 12.0. The van der Waals surface area contributed by atoms with Gasteiger partial charge in [-0.25, -0.2) is 8.42 Å². The topological polar surface area (TPSA) is 83.6 Å². The Morgan fingerprint density at radius 3 is 2.64 bits per heavy atom. The van der Waals surface area contributed by atoms with Crippen LogP contribution in [0.3, 0.4) is 0 Å². The van der Waals surface area contributed by atoms with Gasteiger partial charge in [-0.15, -0.1) is 0 Å². The number of hydrogen-bond acceptors (Lipinski definition) is 4. The Bertz CT molecular complexity index is 812. The Morgan fingerprint density at radius 1 is 1.20 bits per heavy atom. The standard InChI is InChI=1S/C16H18Cl2N2O4S/c17-10-3-4-13(18)12(8-10)16(22)20-6-1-2-14(20)15(21)19-11-5-7-25(23,24)9-11/h3-4,8,11,14H,1-2,5-7,9H2,(H,19,21)/t11-,14-/m0/s1. The fourth-order valence-corrected chi connectivity index (χ4v) is 5.35. The van der Waals surface area contributed by atoms with E-state index in [1.807, 2.05) is 0 Å². The molecule has 2 atom stereocenters. The zero-order valence-corrected chi connectivity index (χ0v) is 15.7. The normalized spacial score (nSPS) is 25.1. The summed E-state index contributed by atoms with van der Waals surface area (Å²) in [5.41, 5.74) is 0.261. The monoisotopic (exact) mass is 404 g/mol. The highest BCUT2D eigenvalue weighted by atomic mass is 35.5. The summed E-state index contributed by atoms with van der Waals surface area (Å²) in [5, 5.41) is 3.44. The number of nitrogens with zero attached hydrogens (tertiary/aromatic N) is 1. The Kier molecular flexibility index (Phi) is 5.27. The first-order chi connectivity index (χ1) is 11.8. The minimum absolute atomic E-state index is 0.0421.